The Labute approximate surface area is 201 Å². The molecule has 174 valence electrons. The first-order chi connectivity index (χ1) is 15.4. The lowest BCUT2D eigenvalue weighted by molar-refractivity contribution is -0.138. The van der Waals surface area contributed by atoms with E-state index >= 15 is 0 Å². The molecule has 5 nitrogen and oxygen atoms in total. The summed E-state index contributed by atoms with van der Waals surface area (Å²) in [5.41, 5.74) is 8.20. The SMILES string of the molecule is CC[C@H](C)[C@H](N)C(=O)N1CCn2cc(-c3ccc(Cl)c(Cl)c3)nc2[C@@H]1CC1CCCCC1. The van der Waals surface area contributed by atoms with Crippen LogP contribution in [0.15, 0.2) is 24.4 Å². The maximum Gasteiger partial charge on any atom is 0.240 e. The number of aromatic nitrogens is 2. The molecule has 3 atom stereocenters. The molecule has 0 unspecified atom stereocenters. The van der Waals surface area contributed by atoms with Crippen LogP contribution in [-0.2, 0) is 11.3 Å². The van der Waals surface area contributed by atoms with Crippen molar-refractivity contribution >= 4 is 29.1 Å². The minimum atomic E-state index is -0.468. The number of carbonyl (C=O) groups is 1. The molecular weight excluding hydrogens is 443 g/mol. The summed E-state index contributed by atoms with van der Waals surface area (Å²) in [5.74, 6) is 1.81. The Balaban J connectivity index is 1.67. The van der Waals surface area contributed by atoms with Gasteiger partial charge in [0.05, 0.1) is 27.8 Å². The second-order valence-electron chi connectivity index (χ2n) is 9.51. The highest BCUT2D eigenvalue weighted by Gasteiger charge is 2.37. The molecule has 2 aromatic rings. The van der Waals surface area contributed by atoms with Gasteiger partial charge in [-0.05, 0) is 30.4 Å². The molecule has 1 amide bonds. The van der Waals surface area contributed by atoms with Gasteiger partial charge in [-0.15, -0.1) is 0 Å². The second-order valence-corrected chi connectivity index (χ2v) is 10.3. The molecule has 32 heavy (non-hydrogen) atoms. The molecule has 0 radical (unpaired) electrons. The Hall–Kier alpha value is -1.56. The predicted octanol–water partition coefficient (Wildman–Crippen LogP) is 6.08. The van der Waals surface area contributed by atoms with Gasteiger partial charge in [-0.1, -0.05) is 81.6 Å². The summed E-state index contributed by atoms with van der Waals surface area (Å²) in [7, 11) is 0. The largest absolute Gasteiger partial charge is 0.331 e. The average molecular weight is 477 g/mol. The lowest BCUT2D eigenvalue weighted by Crippen LogP contribution is -2.51. The summed E-state index contributed by atoms with van der Waals surface area (Å²) < 4.78 is 2.21. The molecule has 1 aromatic carbocycles. The number of hydrogen-bond acceptors (Lipinski definition) is 3. The number of nitrogens with two attached hydrogens (primary N) is 1. The van der Waals surface area contributed by atoms with Gasteiger partial charge in [-0.2, -0.15) is 0 Å². The van der Waals surface area contributed by atoms with E-state index in [1.807, 2.05) is 17.0 Å². The summed E-state index contributed by atoms with van der Waals surface area (Å²) in [4.78, 5) is 20.5. The Morgan fingerprint density at radius 1 is 1.19 bits per heavy atom. The molecule has 4 rings (SSSR count). The number of benzene rings is 1. The van der Waals surface area contributed by atoms with Crippen molar-refractivity contribution in [1.82, 2.24) is 14.5 Å². The van der Waals surface area contributed by atoms with E-state index < -0.39 is 6.04 Å². The fourth-order valence-corrected chi connectivity index (χ4v) is 5.40. The Kier molecular flexibility index (Phi) is 7.48. The standard InChI is InChI=1S/C25H34Cl2N4O/c1-3-16(2)23(28)25(32)31-12-11-30-15-21(18-9-10-19(26)20(27)14-18)29-24(30)22(31)13-17-7-5-4-6-8-17/h9-10,14-17,22-23H,3-8,11-13,28H2,1-2H3/t16-,22-,23-/m0/s1. The number of amides is 1. The zero-order chi connectivity index (χ0) is 22.8. The zero-order valence-electron chi connectivity index (χ0n) is 19.1. The molecule has 2 N–H and O–H groups in total. The second kappa shape index (κ2) is 10.1. The van der Waals surface area contributed by atoms with Crippen molar-refractivity contribution in [2.75, 3.05) is 6.54 Å². The minimum absolute atomic E-state index is 0.0361. The number of nitrogens with zero attached hydrogens (tertiary/aromatic N) is 3. The molecule has 2 aliphatic rings. The van der Waals surface area contributed by atoms with Gasteiger partial charge in [-0.25, -0.2) is 4.98 Å². The van der Waals surface area contributed by atoms with Crippen molar-refractivity contribution in [3.63, 3.8) is 0 Å². The van der Waals surface area contributed by atoms with E-state index in [1.54, 1.807) is 6.07 Å². The third kappa shape index (κ3) is 4.85. The molecule has 7 heteroatoms. The summed E-state index contributed by atoms with van der Waals surface area (Å²) in [6.07, 6.45) is 10.3. The van der Waals surface area contributed by atoms with E-state index in [9.17, 15) is 4.79 Å². The number of fused-ring (bicyclic) bond motifs is 1. The monoisotopic (exact) mass is 476 g/mol. The Morgan fingerprint density at radius 2 is 1.94 bits per heavy atom. The summed E-state index contributed by atoms with van der Waals surface area (Å²) in [5, 5.41) is 1.05. The maximum absolute atomic E-state index is 13.5. The zero-order valence-corrected chi connectivity index (χ0v) is 20.6. The first-order valence-corrected chi connectivity index (χ1v) is 12.7. The van der Waals surface area contributed by atoms with Gasteiger partial charge in [-0.3, -0.25) is 4.79 Å². The highest BCUT2D eigenvalue weighted by atomic mass is 35.5. The molecule has 0 bridgehead atoms. The quantitative estimate of drug-likeness (QED) is 0.548. The number of halogens is 2. The van der Waals surface area contributed by atoms with Crippen LogP contribution in [0, 0.1) is 11.8 Å². The molecule has 1 aliphatic heterocycles. The van der Waals surface area contributed by atoms with Crippen LogP contribution in [0.3, 0.4) is 0 Å². The Morgan fingerprint density at radius 3 is 2.62 bits per heavy atom. The summed E-state index contributed by atoms with van der Waals surface area (Å²) in [6.45, 7) is 5.55. The maximum atomic E-state index is 13.5. The van der Waals surface area contributed by atoms with Crippen LogP contribution in [0.4, 0.5) is 0 Å². The number of carbonyl (C=O) groups excluding carboxylic acids is 1. The molecule has 1 aromatic heterocycles. The van der Waals surface area contributed by atoms with Gasteiger partial charge >= 0.3 is 0 Å². The molecule has 2 heterocycles. The minimum Gasteiger partial charge on any atom is -0.331 e. The first-order valence-electron chi connectivity index (χ1n) is 12.0. The van der Waals surface area contributed by atoms with Crippen LogP contribution < -0.4 is 5.73 Å². The van der Waals surface area contributed by atoms with E-state index in [2.05, 4.69) is 24.6 Å². The Bertz CT molecular complexity index is 953. The van der Waals surface area contributed by atoms with Crippen molar-refractivity contribution in [3.8, 4) is 11.3 Å². The van der Waals surface area contributed by atoms with E-state index in [1.165, 1.54) is 32.1 Å². The molecule has 0 saturated heterocycles. The van der Waals surface area contributed by atoms with Gasteiger partial charge in [0.2, 0.25) is 5.91 Å². The van der Waals surface area contributed by atoms with Crippen molar-refractivity contribution < 1.29 is 4.79 Å². The number of imidazole rings is 1. The third-order valence-electron chi connectivity index (χ3n) is 7.39. The van der Waals surface area contributed by atoms with Crippen LogP contribution >= 0.6 is 23.2 Å². The smallest absolute Gasteiger partial charge is 0.240 e. The highest BCUT2D eigenvalue weighted by Crippen LogP contribution is 2.38. The van der Waals surface area contributed by atoms with Crippen LogP contribution in [0.1, 0.15) is 70.7 Å². The van der Waals surface area contributed by atoms with E-state index in [4.69, 9.17) is 33.9 Å². The van der Waals surface area contributed by atoms with Crippen LogP contribution in [0.2, 0.25) is 10.0 Å². The molecular formula is C25H34Cl2N4O. The van der Waals surface area contributed by atoms with E-state index in [0.717, 1.165) is 36.5 Å². The summed E-state index contributed by atoms with van der Waals surface area (Å²) >= 11 is 12.4. The van der Waals surface area contributed by atoms with E-state index in [-0.39, 0.29) is 17.9 Å². The predicted molar refractivity (Wildman–Crippen MR) is 131 cm³/mol. The summed E-state index contributed by atoms with van der Waals surface area (Å²) in [6, 6.07) is 5.10. The van der Waals surface area contributed by atoms with Crippen molar-refractivity contribution in [3.05, 3.63) is 40.3 Å². The van der Waals surface area contributed by atoms with E-state index in [0.29, 0.717) is 22.5 Å². The van der Waals surface area contributed by atoms with Gasteiger partial charge in [0, 0.05) is 24.8 Å². The molecule has 1 aliphatic carbocycles. The van der Waals surface area contributed by atoms with Crippen molar-refractivity contribution in [1.29, 1.82) is 0 Å². The van der Waals surface area contributed by atoms with Gasteiger partial charge in [0.25, 0.3) is 0 Å². The van der Waals surface area contributed by atoms with Crippen molar-refractivity contribution in [2.24, 2.45) is 17.6 Å². The first kappa shape index (κ1) is 23.6. The van der Waals surface area contributed by atoms with Crippen LogP contribution in [0.5, 0.6) is 0 Å². The molecule has 1 saturated carbocycles. The lowest BCUT2D eigenvalue weighted by Gasteiger charge is -2.40. The normalized spacial score (nSPS) is 21.3. The van der Waals surface area contributed by atoms with Gasteiger partial charge < -0.3 is 15.2 Å². The van der Waals surface area contributed by atoms with Gasteiger partial charge in [0.1, 0.15) is 5.82 Å². The molecule has 1 fully saturated rings. The lowest BCUT2D eigenvalue weighted by atomic mass is 9.83. The third-order valence-corrected chi connectivity index (χ3v) is 8.12. The topological polar surface area (TPSA) is 64.2 Å². The van der Waals surface area contributed by atoms with Crippen LogP contribution in [0.25, 0.3) is 11.3 Å². The van der Waals surface area contributed by atoms with Crippen molar-refractivity contribution in [2.45, 2.75) is 77.4 Å². The molecule has 0 spiro atoms. The number of rotatable bonds is 6. The van der Waals surface area contributed by atoms with Crippen LogP contribution in [-0.4, -0.2) is 32.9 Å². The average Bonchev–Trinajstić information content (AvgIpc) is 3.25. The van der Waals surface area contributed by atoms with Gasteiger partial charge in [0.15, 0.2) is 0 Å². The highest BCUT2D eigenvalue weighted by molar-refractivity contribution is 6.42. The fourth-order valence-electron chi connectivity index (χ4n) is 5.10. The fraction of sp³-hybridized carbons (Fsp3) is 0.600. The number of hydrogen-bond donors (Lipinski definition) is 1.